The van der Waals surface area contributed by atoms with Crippen LogP contribution >= 0.6 is 11.3 Å². The second-order valence-electron chi connectivity index (χ2n) is 4.82. The Kier molecular flexibility index (Phi) is 5.75. The molecule has 5 nitrogen and oxygen atoms in total. The third-order valence-corrected chi connectivity index (χ3v) is 4.21. The summed E-state index contributed by atoms with van der Waals surface area (Å²) in [5.41, 5.74) is 5.99. The number of aromatic nitrogens is 1. The Morgan fingerprint density at radius 2 is 2.21 bits per heavy atom. The first kappa shape index (κ1) is 14.4. The fraction of sp³-hybridized carbons (Fsp3) is 0.692. The van der Waals surface area contributed by atoms with Gasteiger partial charge in [0.05, 0.1) is 5.01 Å². The van der Waals surface area contributed by atoms with Gasteiger partial charge >= 0.3 is 0 Å². The van der Waals surface area contributed by atoms with Crippen molar-refractivity contribution in [1.29, 1.82) is 0 Å². The van der Waals surface area contributed by atoms with Crippen molar-refractivity contribution < 1.29 is 4.79 Å². The molecule has 1 amide bonds. The number of carbonyl (C=O) groups excluding carboxylic acids is 1. The summed E-state index contributed by atoms with van der Waals surface area (Å²) in [7, 11) is 0. The molecule has 2 rings (SSSR count). The summed E-state index contributed by atoms with van der Waals surface area (Å²) in [6, 6.07) is 0. The topological polar surface area (TPSA) is 71.2 Å². The van der Waals surface area contributed by atoms with Gasteiger partial charge in [-0.3, -0.25) is 4.79 Å². The van der Waals surface area contributed by atoms with Crippen molar-refractivity contribution in [3.63, 3.8) is 0 Å². The normalized spacial score (nSPS) is 16.5. The number of rotatable bonds is 6. The van der Waals surface area contributed by atoms with E-state index in [4.69, 9.17) is 5.73 Å². The van der Waals surface area contributed by atoms with E-state index in [1.807, 2.05) is 0 Å². The first-order chi connectivity index (χ1) is 9.29. The smallest absolute Gasteiger partial charge is 0.270 e. The number of nitrogens with zero attached hydrogens (tertiary/aromatic N) is 2. The van der Waals surface area contributed by atoms with Gasteiger partial charge in [-0.2, -0.15) is 0 Å². The molecule has 19 heavy (non-hydrogen) atoms. The lowest BCUT2D eigenvalue weighted by molar-refractivity contribution is 0.0942. The molecule has 1 fully saturated rings. The number of nitrogens with two attached hydrogens (primary N) is 1. The van der Waals surface area contributed by atoms with Crippen LogP contribution < -0.4 is 11.1 Å². The molecule has 2 heterocycles. The van der Waals surface area contributed by atoms with Crippen molar-refractivity contribution in [2.24, 2.45) is 5.73 Å². The third kappa shape index (κ3) is 4.56. The number of likely N-dealkylation sites (tertiary alicyclic amines) is 1. The molecule has 3 N–H and O–H groups in total. The molecule has 6 heteroatoms. The maximum absolute atomic E-state index is 11.9. The Balaban J connectivity index is 1.70. The van der Waals surface area contributed by atoms with Gasteiger partial charge in [0, 0.05) is 24.9 Å². The van der Waals surface area contributed by atoms with Gasteiger partial charge in [-0.25, -0.2) is 4.98 Å². The summed E-state index contributed by atoms with van der Waals surface area (Å²) < 4.78 is 0. The van der Waals surface area contributed by atoms with E-state index in [2.05, 4.69) is 15.2 Å². The average Bonchev–Trinajstić information content (AvgIpc) is 2.89. The van der Waals surface area contributed by atoms with E-state index in [1.165, 1.54) is 30.6 Å². The van der Waals surface area contributed by atoms with E-state index in [1.54, 1.807) is 5.38 Å². The second kappa shape index (κ2) is 7.57. The van der Waals surface area contributed by atoms with Gasteiger partial charge in [0.25, 0.3) is 5.91 Å². The number of hydrogen-bond acceptors (Lipinski definition) is 5. The van der Waals surface area contributed by atoms with Crippen molar-refractivity contribution >= 4 is 17.2 Å². The fourth-order valence-electron chi connectivity index (χ4n) is 2.25. The molecule has 0 spiro atoms. The second-order valence-corrected chi connectivity index (χ2v) is 5.77. The van der Waals surface area contributed by atoms with Crippen LogP contribution in [0.25, 0.3) is 0 Å². The Bertz CT molecular complexity index is 401. The molecule has 0 bridgehead atoms. The van der Waals surface area contributed by atoms with Gasteiger partial charge in [0.1, 0.15) is 5.69 Å². The largest absolute Gasteiger partial charge is 0.349 e. The Morgan fingerprint density at radius 3 is 2.95 bits per heavy atom. The lowest BCUT2D eigenvalue weighted by atomic mass is 10.1. The van der Waals surface area contributed by atoms with Crippen molar-refractivity contribution in [3.05, 3.63) is 16.1 Å². The van der Waals surface area contributed by atoms with E-state index in [9.17, 15) is 4.79 Å². The SMILES string of the molecule is NCCc1nc(C(=O)NCCN2CCCCC2)cs1. The number of hydrogen-bond donors (Lipinski definition) is 2. The molecule has 1 aliphatic heterocycles. The fourth-order valence-corrected chi connectivity index (χ4v) is 3.05. The first-order valence-electron chi connectivity index (χ1n) is 6.94. The van der Waals surface area contributed by atoms with Crippen LogP contribution in [0.1, 0.15) is 34.8 Å². The lowest BCUT2D eigenvalue weighted by Gasteiger charge is -2.26. The van der Waals surface area contributed by atoms with Crippen LogP contribution in [0.15, 0.2) is 5.38 Å². The molecule has 0 radical (unpaired) electrons. The van der Waals surface area contributed by atoms with Crippen LogP contribution in [-0.4, -0.2) is 48.5 Å². The molecule has 106 valence electrons. The van der Waals surface area contributed by atoms with Gasteiger partial charge < -0.3 is 16.0 Å². The zero-order chi connectivity index (χ0) is 13.5. The highest BCUT2D eigenvalue weighted by molar-refractivity contribution is 7.09. The minimum Gasteiger partial charge on any atom is -0.349 e. The Hall–Kier alpha value is -0.980. The van der Waals surface area contributed by atoms with Gasteiger partial charge in [0.15, 0.2) is 0 Å². The van der Waals surface area contributed by atoms with Crippen LogP contribution in [0.5, 0.6) is 0 Å². The maximum atomic E-state index is 11.9. The highest BCUT2D eigenvalue weighted by Gasteiger charge is 2.12. The monoisotopic (exact) mass is 282 g/mol. The molecule has 0 unspecified atom stereocenters. The van der Waals surface area contributed by atoms with E-state index in [-0.39, 0.29) is 5.91 Å². The standard InChI is InChI=1S/C13H22N4OS/c14-5-4-12-16-11(10-19-12)13(18)15-6-9-17-7-2-1-3-8-17/h10H,1-9,14H2,(H,15,18). The molecular weight excluding hydrogens is 260 g/mol. The zero-order valence-corrected chi connectivity index (χ0v) is 12.0. The van der Waals surface area contributed by atoms with Crippen molar-refractivity contribution in [3.8, 4) is 0 Å². The van der Waals surface area contributed by atoms with Gasteiger partial charge in [-0.15, -0.1) is 11.3 Å². The van der Waals surface area contributed by atoms with E-state index in [0.29, 0.717) is 18.8 Å². The quantitative estimate of drug-likeness (QED) is 0.812. The van der Waals surface area contributed by atoms with E-state index in [0.717, 1.165) is 31.1 Å². The van der Waals surface area contributed by atoms with Crippen LogP contribution in [-0.2, 0) is 6.42 Å². The van der Waals surface area contributed by atoms with Crippen LogP contribution in [0, 0.1) is 0 Å². The molecule has 1 aromatic rings. The molecule has 0 saturated carbocycles. The summed E-state index contributed by atoms with van der Waals surface area (Å²) in [6.07, 6.45) is 4.64. The predicted octanol–water partition coefficient (Wildman–Crippen LogP) is 0.860. The predicted molar refractivity (Wildman–Crippen MR) is 77.5 cm³/mol. The van der Waals surface area contributed by atoms with Crippen molar-refractivity contribution in [2.45, 2.75) is 25.7 Å². The summed E-state index contributed by atoms with van der Waals surface area (Å²) in [5.74, 6) is -0.0727. The maximum Gasteiger partial charge on any atom is 0.270 e. The number of nitrogens with one attached hydrogen (secondary N) is 1. The van der Waals surface area contributed by atoms with Gasteiger partial charge in [-0.05, 0) is 32.5 Å². The summed E-state index contributed by atoms with van der Waals surface area (Å²) in [4.78, 5) is 18.6. The number of amides is 1. The molecule has 1 aromatic heterocycles. The minimum absolute atomic E-state index is 0.0727. The Labute approximate surface area is 118 Å². The van der Waals surface area contributed by atoms with Crippen molar-refractivity contribution in [1.82, 2.24) is 15.2 Å². The first-order valence-corrected chi connectivity index (χ1v) is 7.82. The van der Waals surface area contributed by atoms with Crippen LogP contribution in [0.4, 0.5) is 0 Å². The summed E-state index contributed by atoms with van der Waals surface area (Å²) >= 11 is 1.50. The average molecular weight is 282 g/mol. The molecule has 1 aliphatic rings. The third-order valence-electron chi connectivity index (χ3n) is 3.30. The molecule has 0 aromatic carbocycles. The number of carbonyl (C=O) groups is 1. The van der Waals surface area contributed by atoms with E-state index >= 15 is 0 Å². The number of thiazole rings is 1. The highest BCUT2D eigenvalue weighted by Crippen LogP contribution is 2.10. The van der Waals surface area contributed by atoms with E-state index < -0.39 is 0 Å². The van der Waals surface area contributed by atoms with Crippen LogP contribution in [0.3, 0.4) is 0 Å². The molecular formula is C13H22N4OS. The molecule has 0 aliphatic carbocycles. The minimum atomic E-state index is -0.0727. The van der Waals surface area contributed by atoms with Gasteiger partial charge in [0.2, 0.25) is 0 Å². The zero-order valence-electron chi connectivity index (χ0n) is 11.2. The highest BCUT2D eigenvalue weighted by atomic mass is 32.1. The molecule has 0 atom stereocenters. The summed E-state index contributed by atoms with van der Waals surface area (Å²) in [5, 5.41) is 5.67. The van der Waals surface area contributed by atoms with Crippen LogP contribution in [0.2, 0.25) is 0 Å². The van der Waals surface area contributed by atoms with Gasteiger partial charge in [-0.1, -0.05) is 6.42 Å². The lowest BCUT2D eigenvalue weighted by Crippen LogP contribution is -2.37. The summed E-state index contributed by atoms with van der Waals surface area (Å²) in [6.45, 7) is 4.53. The number of piperidine rings is 1. The van der Waals surface area contributed by atoms with Crippen molar-refractivity contribution in [2.75, 3.05) is 32.7 Å². The molecule has 1 saturated heterocycles. The Morgan fingerprint density at radius 1 is 1.42 bits per heavy atom.